The minimum Gasteiger partial charge on any atom is -0.379 e. The van der Waals surface area contributed by atoms with Gasteiger partial charge in [0.05, 0.1) is 11.6 Å². The third-order valence-electron chi connectivity index (χ3n) is 2.37. The fourth-order valence-electron chi connectivity index (χ4n) is 1.56. The Hall–Kier alpha value is -1.26. The van der Waals surface area contributed by atoms with Gasteiger partial charge in [-0.15, -0.1) is 29.7 Å². The zero-order valence-electron chi connectivity index (χ0n) is 10.3. The molecule has 0 spiro atoms. The average Bonchev–Trinajstić information content (AvgIpc) is 2.81. The van der Waals surface area contributed by atoms with Crippen molar-refractivity contribution in [1.29, 1.82) is 0 Å². The molecule has 2 aromatic rings. The van der Waals surface area contributed by atoms with E-state index in [2.05, 4.69) is 41.1 Å². The van der Waals surface area contributed by atoms with Crippen molar-refractivity contribution >= 4 is 28.8 Å². The van der Waals surface area contributed by atoms with Gasteiger partial charge in [-0.2, -0.15) is 0 Å². The van der Waals surface area contributed by atoms with Crippen LogP contribution >= 0.6 is 23.1 Å². The van der Waals surface area contributed by atoms with E-state index in [1.807, 2.05) is 19.2 Å². The zero-order valence-corrected chi connectivity index (χ0v) is 12.0. The summed E-state index contributed by atoms with van der Waals surface area (Å²) in [4.78, 5) is 6.78. The van der Waals surface area contributed by atoms with Gasteiger partial charge in [-0.05, 0) is 19.1 Å². The molecule has 1 aromatic carbocycles. The van der Waals surface area contributed by atoms with Crippen LogP contribution in [0, 0.1) is 6.92 Å². The van der Waals surface area contributed by atoms with Crippen LogP contribution in [0.4, 0.5) is 5.69 Å². The molecule has 0 amide bonds. The quantitative estimate of drug-likeness (QED) is 0.627. The van der Waals surface area contributed by atoms with Gasteiger partial charge in [-0.3, -0.25) is 0 Å². The molecule has 0 atom stereocenters. The summed E-state index contributed by atoms with van der Waals surface area (Å²) in [6, 6.07) is 8.36. The Kier molecular flexibility index (Phi) is 4.84. The molecule has 2 nitrogen and oxygen atoms in total. The SMILES string of the molecule is C=CCSc1ccccc1NCc1cnc(C)s1. The van der Waals surface area contributed by atoms with Crippen LogP contribution in [0.15, 0.2) is 48.0 Å². The summed E-state index contributed by atoms with van der Waals surface area (Å²) >= 11 is 3.53. The Bertz CT molecular complexity index is 520. The fraction of sp³-hybridized carbons (Fsp3) is 0.214. The monoisotopic (exact) mass is 276 g/mol. The molecule has 94 valence electrons. The number of benzene rings is 1. The molecular weight excluding hydrogens is 260 g/mol. The van der Waals surface area contributed by atoms with Crippen molar-refractivity contribution in [2.45, 2.75) is 18.4 Å². The van der Waals surface area contributed by atoms with Gasteiger partial charge in [0.1, 0.15) is 0 Å². The summed E-state index contributed by atoms with van der Waals surface area (Å²) in [6.07, 6.45) is 3.86. The van der Waals surface area contributed by atoms with Gasteiger partial charge in [0.25, 0.3) is 0 Å². The molecule has 1 heterocycles. The minimum absolute atomic E-state index is 0.831. The largest absolute Gasteiger partial charge is 0.379 e. The molecule has 0 saturated heterocycles. The molecule has 18 heavy (non-hydrogen) atoms. The van der Waals surface area contributed by atoms with Crippen LogP contribution < -0.4 is 5.32 Å². The van der Waals surface area contributed by atoms with E-state index < -0.39 is 0 Å². The summed E-state index contributed by atoms with van der Waals surface area (Å²) in [7, 11) is 0. The maximum absolute atomic E-state index is 4.26. The maximum Gasteiger partial charge on any atom is 0.0897 e. The topological polar surface area (TPSA) is 24.9 Å². The highest BCUT2D eigenvalue weighted by Gasteiger charge is 2.02. The lowest BCUT2D eigenvalue weighted by atomic mass is 10.3. The smallest absolute Gasteiger partial charge is 0.0897 e. The molecule has 1 aromatic heterocycles. The van der Waals surface area contributed by atoms with E-state index in [1.165, 1.54) is 15.5 Å². The highest BCUT2D eigenvalue weighted by molar-refractivity contribution is 7.99. The van der Waals surface area contributed by atoms with E-state index in [4.69, 9.17) is 0 Å². The van der Waals surface area contributed by atoms with Crippen molar-refractivity contribution in [3.8, 4) is 0 Å². The van der Waals surface area contributed by atoms with Crippen molar-refractivity contribution < 1.29 is 0 Å². The summed E-state index contributed by atoms with van der Waals surface area (Å²) in [5, 5.41) is 4.58. The Morgan fingerprint density at radius 3 is 3.00 bits per heavy atom. The first-order valence-corrected chi connectivity index (χ1v) is 7.57. The van der Waals surface area contributed by atoms with Gasteiger partial charge in [0.2, 0.25) is 0 Å². The first-order valence-electron chi connectivity index (χ1n) is 5.77. The van der Waals surface area contributed by atoms with Gasteiger partial charge in [0, 0.05) is 27.4 Å². The highest BCUT2D eigenvalue weighted by atomic mass is 32.2. The molecule has 4 heteroatoms. The summed E-state index contributed by atoms with van der Waals surface area (Å²) < 4.78 is 0. The number of aromatic nitrogens is 1. The van der Waals surface area contributed by atoms with Crippen LogP contribution in [0.1, 0.15) is 9.88 Å². The second kappa shape index (κ2) is 6.61. The number of anilines is 1. The summed E-state index contributed by atoms with van der Waals surface area (Å²) in [5.74, 6) is 0.929. The molecule has 1 N–H and O–H groups in total. The average molecular weight is 276 g/mol. The molecule has 0 aliphatic rings. The number of hydrogen-bond acceptors (Lipinski definition) is 4. The number of aryl methyl sites for hydroxylation is 1. The normalized spacial score (nSPS) is 10.3. The van der Waals surface area contributed by atoms with Crippen molar-refractivity contribution in [1.82, 2.24) is 4.98 Å². The van der Waals surface area contributed by atoms with E-state index in [9.17, 15) is 0 Å². The first-order chi connectivity index (χ1) is 8.79. The number of nitrogens with one attached hydrogen (secondary N) is 1. The molecular formula is C14H16N2S2. The van der Waals surface area contributed by atoms with Gasteiger partial charge < -0.3 is 5.32 Å². The molecule has 0 unspecified atom stereocenters. The molecule has 0 saturated carbocycles. The second-order valence-electron chi connectivity index (χ2n) is 3.79. The standard InChI is InChI=1S/C14H16N2S2/c1-3-8-17-14-7-5-4-6-13(14)16-10-12-9-15-11(2)18-12/h3-7,9,16H,1,8,10H2,2H3. The summed E-state index contributed by atoms with van der Waals surface area (Å²) in [5.41, 5.74) is 1.18. The number of thiazole rings is 1. The van der Waals surface area contributed by atoms with E-state index >= 15 is 0 Å². The Labute approximate surface area is 116 Å². The van der Waals surface area contributed by atoms with Crippen molar-refractivity contribution in [2.75, 3.05) is 11.1 Å². The number of nitrogens with zero attached hydrogens (tertiary/aromatic N) is 1. The lowest BCUT2D eigenvalue weighted by molar-refractivity contribution is 1.15. The van der Waals surface area contributed by atoms with Crippen LogP contribution in [-0.4, -0.2) is 10.7 Å². The van der Waals surface area contributed by atoms with Crippen LogP contribution in [0.3, 0.4) is 0 Å². The van der Waals surface area contributed by atoms with E-state index in [-0.39, 0.29) is 0 Å². The van der Waals surface area contributed by atoms with Gasteiger partial charge in [-0.1, -0.05) is 18.2 Å². The van der Waals surface area contributed by atoms with Crippen LogP contribution in [-0.2, 0) is 6.54 Å². The third kappa shape index (κ3) is 3.62. The van der Waals surface area contributed by atoms with Gasteiger partial charge in [0.15, 0.2) is 0 Å². The van der Waals surface area contributed by atoms with Gasteiger partial charge >= 0.3 is 0 Å². The highest BCUT2D eigenvalue weighted by Crippen LogP contribution is 2.27. The molecule has 0 radical (unpaired) electrons. The fourth-order valence-corrected chi connectivity index (χ4v) is 3.06. The number of para-hydroxylation sites is 1. The van der Waals surface area contributed by atoms with E-state index in [0.717, 1.165) is 17.3 Å². The molecule has 0 bridgehead atoms. The van der Waals surface area contributed by atoms with E-state index in [0.29, 0.717) is 0 Å². The first kappa shape index (κ1) is 13.2. The van der Waals surface area contributed by atoms with Crippen LogP contribution in [0.2, 0.25) is 0 Å². The molecule has 2 rings (SSSR count). The number of thioether (sulfide) groups is 1. The predicted octanol–water partition coefficient (Wildman–Crippen LogP) is 4.34. The van der Waals surface area contributed by atoms with E-state index in [1.54, 1.807) is 23.1 Å². The zero-order chi connectivity index (χ0) is 12.8. The number of rotatable bonds is 6. The Morgan fingerprint density at radius 2 is 2.28 bits per heavy atom. The molecule has 0 aliphatic carbocycles. The third-order valence-corrected chi connectivity index (χ3v) is 4.35. The molecule has 0 fully saturated rings. The van der Waals surface area contributed by atoms with Crippen LogP contribution in [0.5, 0.6) is 0 Å². The van der Waals surface area contributed by atoms with Gasteiger partial charge in [-0.25, -0.2) is 4.98 Å². The minimum atomic E-state index is 0.831. The van der Waals surface area contributed by atoms with Crippen LogP contribution in [0.25, 0.3) is 0 Å². The predicted molar refractivity (Wildman–Crippen MR) is 81.5 cm³/mol. The van der Waals surface area contributed by atoms with Crippen molar-refractivity contribution in [3.05, 3.63) is 53.0 Å². The lowest BCUT2D eigenvalue weighted by Gasteiger charge is -2.09. The van der Waals surface area contributed by atoms with Crippen molar-refractivity contribution in [3.63, 3.8) is 0 Å². The molecule has 0 aliphatic heterocycles. The Balaban J connectivity index is 2.01. The second-order valence-corrected chi connectivity index (χ2v) is 6.18. The summed E-state index contributed by atoms with van der Waals surface area (Å²) in [6.45, 7) is 6.61. The Morgan fingerprint density at radius 1 is 1.44 bits per heavy atom. The maximum atomic E-state index is 4.26. The number of hydrogen-bond donors (Lipinski definition) is 1. The lowest BCUT2D eigenvalue weighted by Crippen LogP contribution is -1.98. The van der Waals surface area contributed by atoms with Crippen molar-refractivity contribution in [2.24, 2.45) is 0 Å².